The van der Waals surface area contributed by atoms with Gasteiger partial charge in [0, 0.05) is 24.0 Å². The van der Waals surface area contributed by atoms with Crippen LogP contribution in [0, 0.1) is 0 Å². The zero-order valence-corrected chi connectivity index (χ0v) is 11.3. The molecule has 0 aliphatic rings. The standard InChI is InChI=1S/C12H16BrNO3/c1-2-6-14(7-5-13)12(17)9-3-4-10(15)11(16)8-9/h3-4,8,15-16H,2,5-7H2,1H3. The van der Waals surface area contributed by atoms with Crippen LogP contribution in [0.15, 0.2) is 18.2 Å². The van der Waals surface area contributed by atoms with Gasteiger partial charge in [-0.05, 0) is 24.6 Å². The van der Waals surface area contributed by atoms with Crippen LogP contribution in [-0.2, 0) is 0 Å². The van der Waals surface area contributed by atoms with Gasteiger partial charge < -0.3 is 15.1 Å². The number of carbonyl (C=O) groups excluding carboxylic acids is 1. The molecule has 4 nitrogen and oxygen atoms in total. The molecular weight excluding hydrogens is 286 g/mol. The van der Waals surface area contributed by atoms with Gasteiger partial charge in [0.05, 0.1) is 0 Å². The molecule has 1 aromatic rings. The molecule has 2 N–H and O–H groups in total. The molecule has 0 aromatic heterocycles. The minimum atomic E-state index is -0.272. The smallest absolute Gasteiger partial charge is 0.254 e. The fourth-order valence-electron chi connectivity index (χ4n) is 1.53. The molecule has 0 aliphatic carbocycles. The van der Waals surface area contributed by atoms with E-state index in [4.69, 9.17) is 0 Å². The summed E-state index contributed by atoms with van der Waals surface area (Å²) in [5, 5.41) is 19.3. The molecule has 0 aliphatic heterocycles. The van der Waals surface area contributed by atoms with E-state index in [9.17, 15) is 15.0 Å². The Morgan fingerprint density at radius 3 is 2.53 bits per heavy atom. The van der Waals surface area contributed by atoms with Gasteiger partial charge in [0.15, 0.2) is 11.5 Å². The lowest BCUT2D eigenvalue weighted by atomic mass is 10.1. The molecule has 0 spiro atoms. The number of carbonyl (C=O) groups is 1. The Bertz CT molecular complexity index is 389. The third-order valence-electron chi connectivity index (χ3n) is 2.36. The summed E-state index contributed by atoms with van der Waals surface area (Å²) in [6, 6.07) is 4.11. The largest absolute Gasteiger partial charge is 0.504 e. The number of hydrogen-bond donors (Lipinski definition) is 2. The number of hydrogen-bond acceptors (Lipinski definition) is 3. The van der Waals surface area contributed by atoms with Gasteiger partial charge in [0.1, 0.15) is 0 Å². The molecule has 17 heavy (non-hydrogen) atoms. The van der Waals surface area contributed by atoms with Crippen molar-refractivity contribution in [3.8, 4) is 11.5 Å². The Kier molecular flexibility index (Phi) is 5.28. The molecule has 1 rings (SSSR count). The van der Waals surface area contributed by atoms with Crippen LogP contribution in [0.2, 0.25) is 0 Å². The second-order valence-corrected chi connectivity index (χ2v) is 4.48. The van der Waals surface area contributed by atoms with Crippen LogP contribution in [-0.4, -0.2) is 39.4 Å². The number of halogens is 1. The molecule has 94 valence electrons. The Balaban J connectivity index is 2.88. The van der Waals surface area contributed by atoms with E-state index in [2.05, 4.69) is 15.9 Å². The molecule has 0 saturated heterocycles. The maximum atomic E-state index is 12.1. The predicted molar refractivity (Wildman–Crippen MR) is 69.8 cm³/mol. The number of rotatable bonds is 5. The van der Waals surface area contributed by atoms with Gasteiger partial charge in [-0.25, -0.2) is 0 Å². The molecule has 5 heteroatoms. The van der Waals surface area contributed by atoms with Crippen molar-refractivity contribution in [1.82, 2.24) is 4.90 Å². The van der Waals surface area contributed by atoms with Gasteiger partial charge in [-0.1, -0.05) is 22.9 Å². The minimum absolute atomic E-state index is 0.137. The van der Waals surface area contributed by atoms with Gasteiger partial charge in [-0.15, -0.1) is 0 Å². The van der Waals surface area contributed by atoms with Gasteiger partial charge >= 0.3 is 0 Å². The monoisotopic (exact) mass is 301 g/mol. The topological polar surface area (TPSA) is 60.8 Å². The number of nitrogens with zero attached hydrogens (tertiary/aromatic N) is 1. The van der Waals surface area contributed by atoms with Crippen molar-refractivity contribution < 1.29 is 15.0 Å². The summed E-state index contributed by atoms with van der Waals surface area (Å²) in [5.41, 5.74) is 0.384. The average Bonchev–Trinajstić information content (AvgIpc) is 2.31. The van der Waals surface area contributed by atoms with Crippen LogP contribution in [0.1, 0.15) is 23.7 Å². The van der Waals surface area contributed by atoms with Gasteiger partial charge in [0.25, 0.3) is 5.91 Å². The van der Waals surface area contributed by atoms with Gasteiger partial charge in [0.2, 0.25) is 0 Å². The van der Waals surface area contributed by atoms with E-state index in [1.165, 1.54) is 18.2 Å². The highest BCUT2D eigenvalue weighted by atomic mass is 79.9. The third-order valence-corrected chi connectivity index (χ3v) is 2.71. The fourth-order valence-corrected chi connectivity index (χ4v) is 1.95. The lowest BCUT2D eigenvalue weighted by Crippen LogP contribution is -2.33. The Morgan fingerprint density at radius 2 is 2.00 bits per heavy atom. The summed E-state index contributed by atoms with van der Waals surface area (Å²) >= 11 is 3.30. The summed E-state index contributed by atoms with van der Waals surface area (Å²) in [6.45, 7) is 3.29. The van der Waals surface area contributed by atoms with Crippen molar-refractivity contribution in [2.45, 2.75) is 13.3 Å². The molecule has 1 aromatic carbocycles. The molecule has 1 amide bonds. The highest BCUT2D eigenvalue weighted by Gasteiger charge is 2.15. The number of phenolic OH excluding ortho intramolecular Hbond substituents is 2. The first-order chi connectivity index (χ1) is 8.10. The van der Waals surface area contributed by atoms with E-state index < -0.39 is 0 Å². The van der Waals surface area contributed by atoms with Crippen LogP contribution >= 0.6 is 15.9 Å². The number of alkyl halides is 1. The number of benzene rings is 1. The van der Waals surface area contributed by atoms with E-state index in [0.717, 1.165) is 6.42 Å². The minimum Gasteiger partial charge on any atom is -0.504 e. The highest BCUT2D eigenvalue weighted by Crippen LogP contribution is 2.25. The van der Waals surface area contributed by atoms with Crippen molar-refractivity contribution in [2.75, 3.05) is 18.4 Å². The van der Waals surface area contributed by atoms with Gasteiger partial charge in [-0.2, -0.15) is 0 Å². The first-order valence-corrected chi connectivity index (χ1v) is 6.59. The quantitative estimate of drug-likeness (QED) is 0.648. The van der Waals surface area contributed by atoms with Crippen LogP contribution in [0.4, 0.5) is 0 Å². The zero-order valence-electron chi connectivity index (χ0n) is 9.69. The molecular formula is C12H16BrNO3. The number of aromatic hydroxyl groups is 2. The van der Waals surface area contributed by atoms with Crippen LogP contribution in [0.25, 0.3) is 0 Å². The zero-order chi connectivity index (χ0) is 12.8. The van der Waals surface area contributed by atoms with Crippen molar-refractivity contribution in [3.05, 3.63) is 23.8 Å². The van der Waals surface area contributed by atoms with E-state index in [1.54, 1.807) is 4.90 Å². The highest BCUT2D eigenvalue weighted by molar-refractivity contribution is 9.09. The van der Waals surface area contributed by atoms with Crippen LogP contribution < -0.4 is 0 Å². The maximum Gasteiger partial charge on any atom is 0.254 e. The molecule has 0 unspecified atom stereocenters. The van der Waals surface area contributed by atoms with E-state index in [-0.39, 0.29) is 17.4 Å². The van der Waals surface area contributed by atoms with E-state index in [1.807, 2.05) is 6.92 Å². The van der Waals surface area contributed by atoms with Gasteiger partial charge in [-0.3, -0.25) is 4.79 Å². The summed E-state index contributed by atoms with van der Waals surface area (Å²) in [7, 11) is 0. The summed E-state index contributed by atoms with van der Waals surface area (Å²) < 4.78 is 0. The fraction of sp³-hybridized carbons (Fsp3) is 0.417. The normalized spacial score (nSPS) is 10.2. The summed E-state index contributed by atoms with van der Waals surface area (Å²) in [5.74, 6) is -0.628. The van der Waals surface area contributed by atoms with Crippen molar-refractivity contribution >= 4 is 21.8 Å². The Morgan fingerprint density at radius 1 is 1.29 bits per heavy atom. The molecule has 0 radical (unpaired) electrons. The van der Waals surface area contributed by atoms with Crippen molar-refractivity contribution in [3.63, 3.8) is 0 Å². The van der Waals surface area contributed by atoms with Crippen molar-refractivity contribution in [2.24, 2.45) is 0 Å². The molecule has 0 fully saturated rings. The van der Waals surface area contributed by atoms with Crippen molar-refractivity contribution in [1.29, 1.82) is 0 Å². The lowest BCUT2D eigenvalue weighted by molar-refractivity contribution is 0.0766. The molecule has 0 heterocycles. The first kappa shape index (κ1) is 13.8. The number of phenols is 2. The summed E-state index contributed by atoms with van der Waals surface area (Å²) in [4.78, 5) is 13.8. The molecule has 0 saturated carbocycles. The lowest BCUT2D eigenvalue weighted by Gasteiger charge is -2.21. The second-order valence-electron chi connectivity index (χ2n) is 3.68. The second kappa shape index (κ2) is 6.49. The summed E-state index contributed by atoms with van der Waals surface area (Å²) in [6.07, 6.45) is 0.878. The number of amides is 1. The molecule has 0 bridgehead atoms. The Labute approximate surface area is 109 Å². The van der Waals surface area contributed by atoms with E-state index in [0.29, 0.717) is 24.0 Å². The predicted octanol–water partition coefficient (Wildman–Crippen LogP) is 2.34. The average molecular weight is 302 g/mol. The SMILES string of the molecule is CCCN(CCBr)C(=O)c1ccc(O)c(O)c1. The van der Waals surface area contributed by atoms with Crippen LogP contribution in [0.3, 0.4) is 0 Å². The maximum absolute atomic E-state index is 12.1. The first-order valence-electron chi connectivity index (χ1n) is 5.47. The van der Waals surface area contributed by atoms with Crippen LogP contribution in [0.5, 0.6) is 11.5 Å². The molecule has 0 atom stereocenters. The van der Waals surface area contributed by atoms with E-state index >= 15 is 0 Å². The Hall–Kier alpha value is -1.23. The third kappa shape index (κ3) is 3.63.